The Balaban J connectivity index is 2.50. The quantitative estimate of drug-likeness (QED) is 0.503. The minimum absolute atomic E-state index is 0.0332. The molecule has 7 heteroatoms. The van der Waals surface area contributed by atoms with Crippen molar-refractivity contribution in [1.29, 1.82) is 0 Å². The molecule has 1 aromatic heterocycles. The average Bonchev–Trinajstić information content (AvgIpc) is 2.70. The van der Waals surface area contributed by atoms with E-state index in [0.717, 1.165) is 6.42 Å². The summed E-state index contributed by atoms with van der Waals surface area (Å²) in [6, 6.07) is 4.33. The van der Waals surface area contributed by atoms with Crippen LogP contribution in [0.5, 0.6) is 0 Å². The second-order valence-electron chi connectivity index (χ2n) is 3.86. The van der Waals surface area contributed by atoms with Gasteiger partial charge in [-0.05, 0) is 6.07 Å². The normalized spacial score (nSPS) is 10.6. The van der Waals surface area contributed by atoms with E-state index in [2.05, 4.69) is 10.1 Å². The van der Waals surface area contributed by atoms with Gasteiger partial charge in [0.05, 0.1) is 4.92 Å². The van der Waals surface area contributed by atoms with E-state index in [-0.39, 0.29) is 5.69 Å². The fourth-order valence-electron chi connectivity index (χ4n) is 1.69. The third-order valence-corrected chi connectivity index (χ3v) is 2.61. The molecule has 0 fully saturated rings. The SMILES string of the molecule is CCc1nc(-c2ccc([N+](=O)[O-])cc2N)n(C)n1. The van der Waals surface area contributed by atoms with Crippen LogP contribution >= 0.6 is 0 Å². The van der Waals surface area contributed by atoms with Crippen LogP contribution in [0.1, 0.15) is 12.7 Å². The van der Waals surface area contributed by atoms with Crippen molar-refractivity contribution in [1.82, 2.24) is 14.8 Å². The first-order valence-electron chi connectivity index (χ1n) is 5.47. The molecular formula is C11H13N5O2. The molecule has 0 aliphatic rings. The van der Waals surface area contributed by atoms with Gasteiger partial charge in [0.25, 0.3) is 5.69 Å². The standard InChI is InChI=1S/C11H13N5O2/c1-3-10-13-11(15(2)14-10)8-5-4-7(16(17)18)6-9(8)12/h4-6H,3,12H2,1-2H3. The van der Waals surface area contributed by atoms with Crippen molar-refractivity contribution < 1.29 is 4.92 Å². The van der Waals surface area contributed by atoms with Crippen LogP contribution in [-0.2, 0) is 13.5 Å². The van der Waals surface area contributed by atoms with Crippen molar-refractivity contribution in [3.8, 4) is 11.4 Å². The Morgan fingerprint density at radius 1 is 1.50 bits per heavy atom. The van der Waals surface area contributed by atoms with E-state index < -0.39 is 4.92 Å². The fourth-order valence-corrected chi connectivity index (χ4v) is 1.69. The molecule has 94 valence electrons. The number of anilines is 1. The summed E-state index contributed by atoms with van der Waals surface area (Å²) in [4.78, 5) is 14.5. The van der Waals surface area contributed by atoms with Gasteiger partial charge < -0.3 is 5.73 Å². The van der Waals surface area contributed by atoms with E-state index >= 15 is 0 Å². The Morgan fingerprint density at radius 2 is 2.22 bits per heavy atom. The predicted molar refractivity (Wildman–Crippen MR) is 66.9 cm³/mol. The summed E-state index contributed by atoms with van der Waals surface area (Å²) in [5.41, 5.74) is 6.76. The van der Waals surface area contributed by atoms with E-state index in [1.807, 2.05) is 6.92 Å². The number of aromatic nitrogens is 3. The number of nitrogens with two attached hydrogens (primary N) is 1. The summed E-state index contributed by atoms with van der Waals surface area (Å²) < 4.78 is 1.62. The van der Waals surface area contributed by atoms with Crippen molar-refractivity contribution >= 4 is 11.4 Å². The Kier molecular flexibility index (Phi) is 2.97. The van der Waals surface area contributed by atoms with Crippen molar-refractivity contribution in [2.24, 2.45) is 7.05 Å². The number of hydrogen-bond acceptors (Lipinski definition) is 5. The topological polar surface area (TPSA) is 99.9 Å². The highest BCUT2D eigenvalue weighted by Crippen LogP contribution is 2.27. The maximum atomic E-state index is 10.6. The van der Waals surface area contributed by atoms with Gasteiger partial charge >= 0.3 is 0 Å². The van der Waals surface area contributed by atoms with Crippen molar-refractivity contribution in [3.63, 3.8) is 0 Å². The number of rotatable bonds is 3. The van der Waals surface area contributed by atoms with Crippen molar-refractivity contribution in [3.05, 3.63) is 34.1 Å². The number of benzene rings is 1. The van der Waals surface area contributed by atoms with Crippen LogP contribution in [0.2, 0.25) is 0 Å². The number of nitro groups is 1. The lowest BCUT2D eigenvalue weighted by Gasteiger charge is -2.03. The molecule has 0 amide bonds. The van der Waals surface area contributed by atoms with Gasteiger partial charge in [-0.25, -0.2) is 9.67 Å². The lowest BCUT2D eigenvalue weighted by atomic mass is 10.1. The molecule has 0 atom stereocenters. The number of aryl methyl sites for hydroxylation is 2. The number of hydrogen-bond donors (Lipinski definition) is 1. The summed E-state index contributed by atoms with van der Waals surface area (Å²) in [6.07, 6.45) is 0.723. The molecule has 0 unspecified atom stereocenters. The van der Waals surface area contributed by atoms with E-state index in [9.17, 15) is 10.1 Å². The number of nitro benzene ring substituents is 1. The minimum atomic E-state index is -0.478. The molecule has 0 spiro atoms. The van der Waals surface area contributed by atoms with E-state index in [4.69, 9.17) is 5.73 Å². The molecule has 7 nitrogen and oxygen atoms in total. The zero-order valence-corrected chi connectivity index (χ0v) is 10.1. The van der Waals surface area contributed by atoms with Crippen LogP contribution in [0.3, 0.4) is 0 Å². The lowest BCUT2D eigenvalue weighted by molar-refractivity contribution is -0.384. The van der Waals surface area contributed by atoms with Gasteiger partial charge in [-0.2, -0.15) is 5.10 Å². The van der Waals surface area contributed by atoms with Gasteiger partial charge in [-0.15, -0.1) is 0 Å². The maximum absolute atomic E-state index is 10.6. The minimum Gasteiger partial charge on any atom is -0.398 e. The molecule has 0 saturated heterocycles. The molecule has 1 aromatic carbocycles. The molecule has 0 aliphatic carbocycles. The zero-order valence-electron chi connectivity index (χ0n) is 10.1. The van der Waals surface area contributed by atoms with Gasteiger partial charge in [0.15, 0.2) is 11.6 Å². The van der Waals surface area contributed by atoms with Crippen LogP contribution in [0.4, 0.5) is 11.4 Å². The molecule has 0 aliphatic heterocycles. The Morgan fingerprint density at radius 3 is 2.72 bits per heavy atom. The van der Waals surface area contributed by atoms with Crippen LogP contribution in [-0.4, -0.2) is 19.7 Å². The highest BCUT2D eigenvalue weighted by atomic mass is 16.6. The monoisotopic (exact) mass is 247 g/mol. The van der Waals surface area contributed by atoms with E-state index in [1.54, 1.807) is 17.8 Å². The molecule has 1 heterocycles. The van der Waals surface area contributed by atoms with Crippen LogP contribution < -0.4 is 5.73 Å². The van der Waals surface area contributed by atoms with Gasteiger partial charge in [0, 0.05) is 36.9 Å². The van der Waals surface area contributed by atoms with E-state index in [0.29, 0.717) is 22.9 Å². The average molecular weight is 247 g/mol. The predicted octanol–water partition coefficient (Wildman–Crippen LogP) is 1.53. The zero-order chi connectivity index (χ0) is 13.3. The third kappa shape index (κ3) is 2.02. The summed E-state index contributed by atoms with van der Waals surface area (Å²) in [5, 5.41) is 14.9. The molecule has 0 radical (unpaired) electrons. The smallest absolute Gasteiger partial charge is 0.271 e. The molecule has 2 rings (SSSR count). The van der Waals surface area contributed by atoms with Crippen LogP contribution in [0.25, 0.3) is 11.4 Å². The molecule has 18 heavy (non-hydrogen) atoms. The first kappa shape index (κ1) is 12.0. The number of nitrogen functional groups attached to an aromatic ring is 1. The second-order valence-corrected chi connectivity index (χ2v) is 3.86. The van der Waals surface area contributed by atoms with Crippen LogP contribution in [0.15, 0.2) is 18.2 Å². The van der Waals surface area contributed by atoms with Crippen molar-refractivity contribution in [2.45, 2.75) is 13.3 Å². The Labute approximate surface area is 103 Å². The second kappa shape index (κ2) is 4.44. The highest BCUT2D eigenvalue weighted by molar-refractivity contribution is 5.73. The lowest BCUT2D eigenvalue weighted by Crippen LogP contribution is -1.99. The largest absolute Gasteiger partial charge is 0.398 e. The number of nitrogens with zero attached hydrogens (tertiary/aromatic N) is 4. The Hall–Kier alpha value is -2.44. The molecule has 0 bridgehead atoms. The molecule has 0 saturated carbocycles. The number of non-ortho nitro benzene ring substituents is 1. The van der Waals surface area contributed by atoms with Gasteiger partial charge in [0.1, 0.15) is 0 Å². The third-order valence-electron chi connectivity index (χ3n) is 2.61. The molecule has 2 N–H and O–H groups in total. The summed E-state index contributed by atoms with van der Waals surface area (Å²) in [6.45, 7) is 1.96. The highest BCUT2D eigenvalue weighted by Gasteiger charge is 2.14. The summed E-state index contributed by atoms with van der Waals surface area (Å²) in [7, 11) is 1.77. The van der Waals surface area contributed by atoms with E-state index in [1.165, 1.54) is 12.1 Å². The summed E-state index contributed by atoms with van der Waals surface area (Å²) >= 11 is 0. The molecular weight excluding hydrogens is 234 g/mol. The van der Waals surface area contributed by atoms with Crippen LogP contribution in [0, 0.1) is 10.1 Å². The van der Waals surface area contributed by atoms with Gasteiger partial charge in [0.2, 0.25) is 0 Å². The summed E-state index contributed by atoms with van der Waals surface area (Å²) in [5.74, 6) is 1.32. The van der Waals surface area contributed by atoms with Gasteiger partial charge in [-0.3, -0.25) is 10.1 Å². The fraction of sp³-hybridized carbons (Fsp3) is 0.273. The first-order valence-corrected chi connectivity index (χ1v) is 5.47. The Bertz CT molecular complexity index is 605. The van der Waals surface area contributed by atoms with Crippen molar-refractivity contribution in [2.75, 3.05) is 5.73 Å². The first-order chi connectivity index (χ1) is 8.52. The maximum Gasteiger partial charge on any atom is 0.271 e. The molecule has 2 aromatic rings. The van der Waals surface area contributed by atoms with Gasteiger partial charge in [-0.1, -0.05) is 6.92 Å².